The molecule has 4 heteroatoms. The van der Waals surface area contributed by atoms with Gasteiger partial charge in [-0.1, -0.05) is 12.1 Å². The molecule has 0 radical (unpaired) electrons. The Labute approximate surface area is 114 Å². The van der Waals surface area contributed by atoms with Crippen LogP contribution in [0.4, 0.5) is 0 Å². The molecular formula is C15H22N4. The van der Waals surface area contributed by atoms with Gasteiger partial charge < -0.3 is 10.3 Å². The Morgan fingerprint density at radius 2 is 2.00 bits per heavy atom. The first-order chi connectivity index (χ1) is 9.28. The van der Waals surface area contributed by atoms with Gasteiger partial charge in [-0.25, -0.2) is 4.98 Å². The summed E-state index contributed by atoms with van der Waals surface area (Å²) < 4.78 is 2.21. The predicted octanol–water partition coefficient (Wildman–Crippen LogP) is 1.74. The molecule has 1 aliphatic rings. The van der Waals surface area contributed by atoms with Crippen LogP contribution in [-0.2, 0) is 13.6 Å². The van der Waals surface area contributed by atoms with E-state index >= 15 is 0 Å². The van der Waals surface area contributed by atoms with Crippen LogP contribution in [0.15, 0.2) is 24.3 Å². The second kappa shape index (κ2) is 5.31. The van der Waals surface area contributed by atoms with E-state index in [0.717, 1.165) is 43.4 Å². The van der Waals surface area contributed by atoms with Gasteiger partial charge >= 0.3 is 0 Å². The van der Waals surface area contributed by atoms with Crippen LogP contribution in [0.2, 0.25) is 0 Å². The van der Waals surface area contributed by atoms with Crippen LogP contribution in [0.5, 0.6) is 0 Å². The van der Waals surface area contributed by atoms with E-state index in [4.69, 9.17) is 10.7 Å². The SMILES string of the molecule is Cn1c(CN2CCC(CN)CC2)nc2ccccc21. The normalized spacial score (nSPS) is 18.2. The molecule has 1 aromatic carbocycles. The number of fused-ring (bicyclic) bond motifs is 1. The molecule has 1 aliphatic heterocycles. The van der Waals surface area contributed by atoms with Gasteiger partial charge in [0.15, 0.2) is 0 Å². The number of likely N-dealkylation sites (tertiary alicyclic amines) is 1. The molecule has 19 heavy (non-hydrogen) atoms. The first kappa shape index (κ1) is 12.6. The van der Waals surface area contributed by atoms with E-state index in [2.05, 4.69) is 34.7 Å². The van der Waals surface area contributed by atoms with Crippen molar-refractivity contribution in [3.63, 3.8) is 0 Å². The predicted molar refractivity (Wildman–Crippen MR) is 77.8 cm³/mol. The quantitative estimate of drug-likeness (QED) is 0.912. The van der Waals surface area contributed by atoms with E-state index in [1.54, 1.807) is 0 Å². The van der Waals surface area contributed by atoms with Gasteiger partial charge in [0, 0.05) is 7.05 Å². The van der Waals surface area contributed by atoms with Crippen LogP contribution in [-0.4, -0.2) is 34.1 Å². The van der Waals surface area contributed by atoms with E-state index in [-0.39, 0.29) is 0 Å². The Morgan fingerprint density at radius 1 is 1.26 bits per heavy atom. The van der Waals surface area contributed by atoms with E-state index in [1.807, 2.05) is 6.07 Å². The third kappa shape index (κ3) is 2.51. The minimum atomic E-state index is 0.719. The molecule has 3 rings (SSSR count). The van der Waals surface area contributed by atoms with Crippen molar-refractivity contribution in [2.75, 3.05) is 19.6 Å². The fourth-order valence-electron chi connectivity index (χ4n) is 2.92. The molecule has 1 fully saturated rings. The molecule has 4 nitrogen and oxygen atoms in total. The number of hydrogen-bond donors (Lipinski definition) is 1. The van der Waals surface area contributed by atoms with Gasteiger partial charge in [-0.15, -0.1) is 0 Å². The van der Waals surface area contributed by atoms with Crippen molar-refractivity contribution in [1.82, 2.24) is 14.5 Å². The zero-order valence-electron chi connectivity index (χ0n) is 11.5. The lowest BCUT2D eigenvalue weighted by Crippen LogP contribution is -2.36. The van der Waals surface area contributed by atoms with Crippen LogP contribution in [0.25, 0.3) is 11.0 Å². The second-order valence-electron chi connectivity index (χ2n) is 5.53. The number of rotatable bonds is 3. The first-order valence-corrected chi connectivity index (χ1v) is 7.10. The van der Waals surface area contributed by atoms with E-state index in [0.29, 0.717) is 0 Å². The summed E-state index contributed by atoms with van der Waals surface area (Å²) in [7, 11) is 2.11. The molecule has 1 aromatic heterocycles. The van der Waals surface area contributed by atoms with Crippen molar-refractivity contribution in [2.45, 2.75) is 19.4 Å². The van der Waals surface area contributed by atoms with Crippen molar-refractivity contribution >= 4 is 11.0 Å². The van der Waals surface area contributed by atoms with Crippen molar-refractivity contribution in [1.29, 1.82) is 0 Å². The average Bonchev–Trinajstić information content (AvgIpc) is 2.77. The number of aryl methyl sites for hydroxylation is 1. The Morgan fingerprint density at radius 3 is 2.68 bits per heavy atom. The van der Waals surface area contributed by atoms with E-state index in [9.17, 15) is 0 Å². The van der Waals surface area contributed by atoms with Crippen LogP contribution < -0.4 is 5.73 Å². The zero-order valence-corrected chi connectivity index (χ0v) is 11.5. The summed E-state index contributed by atoms with van der Waals surface area (Å²) in [6.45, 7) is 4.07. The highest BCUT2D eigenvalue weighted by Gasteiger charge is 2.19. The number of imidazole rings is 1. The van der Waals surface area contributed by atoms with Crippen molar-refractivity contribution < 1.29 is 0 Å². The molecular weight excluding hydrogens is 236 g/mol. The summed E-state index contributed by atoms with van der Waals surface area (Å²) in [5.74, 6) is 1.88. The fraction of sp³-hybridized carbons (Fsp3) is 0.533. The number of aromatic nitrogens is 2. The monoisotopic (exact) mass is 258 g/mol. The first-order valence-electron chi connectivity index (χ1n) is 7.10. The van der Waals surface area contributed by atoms with Gasteiger partial charge in [-0.3, -0.25) is 4.90 Å². The van der Waals surface area contributed by atoms with Gasteiger partial charge in [-0.2, -0.15) is 0 Å². The van der Waals surface area contributed by atoms with Crippen LogP contribution in [0.3, 0.4) is 0 Å². The zero-order chi connectivity index (χ0) is 13.2. The Balaban J connectivity index is 1.73. The summed E-state index contributed by atoms with van der Waals surface area (Å²) in [5.41, 5.74) is 8.05. The molecule has 0 amide bonds. The number of para-hydroxylation sites is 2. The van der Waals surface area contributed by atoms with Crippen LogP contribution in [0, 0.1) is 5.92 Å². The molecule has 102 valence electrons. The lowest BCUT2D eigenvalue weighted by Gasteiger charge is -2.30. The lowest BCUT2D eigenvalue weighted by molar-refractivity contribution is 0.175. The summed E-state index contributed by atoms with van der Waals surface area (Å²) in [6.07, 6.45) is 2.45. The van der Waals surface area contributed by atoms with Gasteiger partial charge in [0.2, 0.25) is 0 Å². The third-order valence-electron chi connectivity index (χ3n) is 4.29. The largest absolute Gasteiger partial charge is 0.330 e. The molecule has 0 unspecified atom stereocenters. The van der Waals surface area contributed by atoms with E-state index < -0.39 is 0 Å². The molecule has 0 saturated carbocycles. The Hall–Kier alpha value is -1.39. The summed E-state index contributed by atoms with van der Waals surface area (Å²) in [5, 5.41) is 0. The highest BCUT2D eigenvalue weighted by Crippen LogP contribution is 2.20. The maximum Gasteiger partial charge on any atom is 0.123 e. The minimum Gasteiger partial charge on any atom is -0.330 e. The van der Waals surface area contributed by atoms with Crippen LogP contribution >= 0.6 is 0 Å². The highest BCUT2D eigenvalue weighted by molar-refractivity contribution is 5.75. The Kier molecular flexibility index (Phi) is 3.53. The third-order valence-corrected chi connectivity index (χ3v) is 4.29. The van der Waals surface area contributed by atoms with Crippen molar-refractivity contribution in [3.05, 3.63) is 30.1 Å². The molecule has 2 heterocycles. The maximum atomic E-state index is 5.74. The molecule has 0 atom stereocenters. The van der Waals surface area contributed by atoms with Crippen LogP contribution in [0.1, 0.15) is 18.7 Å². The molecule has 2 aromatic rings. The van der Waals surface area contributed by atoms with Crippen molar-refractivity contribution in [2.24, 2.45) is 18.7 Å². The topological polar surface area (TPSA) is 47.1 Å². The van der Waals surface area contributed by atoms with Gasteiger partial charge in [0.25, 0.3) is 0 Å². The smallest absolute Gasteiger partial charge is 0.123 e. The summed E-state index contributed by atoms with van der Waals surface area (Å²) in [4.78, 5) is 7.24. The maximum absolute atomic E-state index is 5.74. The summed E-state index contributed by atoms with van der Waals surface area (Å²) >= 11 is 0. The minimum absolute atomic E-state index is 0.719. The van der Waals surface area contributed by atoms with Gasteiger partial charge in [0.1, 0.15) is 5.82 Å². The highest BCUT2D eigenvalue weighted by atomic mass is 15.2. The lowest BCUT2D eigenvalue weighted by atomic mass is 9.97. The Bertz CT molecular complexity index is 552. The number of nitrogens with zero attached hydrogens (tertiary/aromatic N) is 3. The number of nitrogens with two attached hydrogens (primary N) is 1. The second-order valence-corrected chi connectivity index (χ2v) is 5.53. The molecule has 0 bridgehead atoms. The van der Waals surface area contributed by atoms with E-state index in [1.165, 1.54) is 18.4 Å². The standard InChI is InChI=1S/C15H22N4/c1-18-14-5-3-2-4-13(14)17-15(18)11-19-8-6-12(10-16)7-9-19/h2-5,12H,6-11,16H2,1H3. The van der Waals surface area contributed by atoms with Gasteiger partial charge in [0.05, 0.1) is 17.6 Å². The summed E-state index contributed by atoms with van der Waals surface area (Å²) in [6, 6.07) is 8.33. The molecule has 1 saturated heterocycles. The number of hydrogen-bond acceptors (Lipinski definition) is 3. The number of piperidine rings is 1. The van der Waals surface area contributed by atoms with Gasteiger partial charge in [-0.05, 0) is 50.5 Å². The molecule has 2 N–H and O–H groups in total. The fourth-order valence-corrected chi connectivity index (χ4v) is 2.92. The number of benzene rings is 1. The molecule has 0 spiro atoms. The van der Waals surface area contributed by atoms with Crippen molar-refractivity contribution in [3.8, 4) is 0 Å². The average molecular weight is 258 g/mol. The molecule has 0 aliphatic carbocycles.